The highest BCUT2D eigenvalue weighted by Gasteiger charge is 2.12. The van der Waals surface area contributed by atoms with Gasteiger partial charge in [-0.25, -0.2) is 27.9 Å². The first kappa shape index (κ1) is 14.5. The van der Waals surface area contributed by atoms with Gasteiger partial charge in [0.2, 0.25) is 5.82 Å². The van der Waals surface area contributed by atoms with Gasteiger partial charge in [0, 0.05) is 11.6 Å². The number of hydrogen-bond donors (Lipinski definition) is 2. The molecule has 1 aromatic carbocycles. The monoisotopic (exact) mass is 295 g/mol. The molecule has 0 bridgehead atoms. The Morgan fingerprint density at radius 1 is 1.14 bits per heavy atom. The maximum atomic E-state index is 13.4. The largest absolute Gasteiger partial charge is 0.475 e. The van der Waals surface area contributed by atoms with Crippen molar-refractivity contribution < 1.29 is 23.1 Å². The number of benzene rings is 1. The quantitative estimate of drug-likeness (QED) is 0.848. The third-order valence-corrected chi connectivity index (χ3v) is 2.46. The summed E-state index contributed by atoms with van der Waals surface area (Å²) in [4.78, 5) is 17.9. The molecule has 0 fully saturated rings. The molecule has 2 rings (SSSR count). The van der Waals surface area contributed by atoms with Crippen molar-refractivity contribution in [3.63, 3.8) is 0 Å². The Balaban J connectivity index is 2.38. The molecule has 0 amide bonds. The highest BCUT2D eigenvalue weighted by molar-refractivity contribution is 5.84. The average molecular weight is 295 g/mol. The second-order valence-electron chi connectivity index (χ2n) is 3.94. The molecular weight excluding hydrogens is 287 g/mol. The van der Waals surface area contributed by atoms with Crippen LogP contribution < -0.4 is 5.73 Å². The summed E-state index contributed by atoms with van der Waals surface area (Å²) in [6, 6.07) is 3.06. The molecule has 0 saturated carbocycles. The summed E-state index contributed by atoms with van der Waals surface area (Å²) < 4.78 is 39.3. The Kier molecular flexibility index (Phi) is 3.88. The van der Waals surface area contributed by atoms with Crippen LogP contribution in [-0.2, 0) is 0 Å². The highest BCUT2D eigenvalue weighted by atomic mass is 19.2. The molecule has 0 aliphatic rings. The Bertz CT molecular complexity index is 748. The van der Waals surface area contributed by atoms with E-state index in [0.29, 0.717) is 0 Å². The van der Waals surface area contributed by atoms with Crippen LogP contribution in [0.1, 0.15) is 21.9 Å². The maximum absolute atomic E-state index is 13.4. The fraction of sp³-hybridized carbons (Fsp3) is 0. The number of aromatic carboxylic acids is 1. The van der Waals surface area contributed by atoms with E-state index in [1.54, 1.807) is 0 Å². The minimum absolute atomic E-state index is 0.0871. The number of halogens is 3. The third-order valence-electron chi connectivity index (χ3n) is 2.46. The number of carboxylic acid groups (broad SMARTS) is 1. The molecule has 8 heteroatoms. The van der Waals surface area contributed by atoms with Crippen LogP contribution in [0.15, 0.2) is 18.2 Å². The Morgan fingerprint density at radius 2 is 1.86 bits per heavy atom. The lowest BCUT2D eigenvalue weighted by Crippen LogP contribution is -2.07. The SMILES string of the molecule is Nc1cc(C=Cc2ccc(F)c(F)c2F)nc(C(=O)O)n1. The first-order chi connectivity index (χ1) is 9.88. The second-order valence-corrected chi connectivity index (χ2v) is 3.94. The number of nitrogens with zero attached hydrogens (tertiary/aromatic N) is 2. The zero-order valence-corrected chi connectivity index (χ0v) is 10.3. The minimum atomic E-state index is -1.59. The molecular formula is C13H8F3N3O2. The van der Waals surface area contributed by atoms with Crippen LogP contribution in [0.4, 0.5) is 19.0 Å². The van der Waals surface area contributed by atoms with Gasteiger partial charge in [-0.3, -0.25) is 0 Å². The summed E-state index contributed by atoms with van der Waals surface area (Å²) in [7, 11) is 0. The van der Waals surface area contributed by atoms with Crippen LogP contribution in [0.2, 0.25) is 0 Å². The first-order valence-corrected chi connectivity index (χ1v) is 5.58. The number of nitrogens with two attached hydrogens (primary N) is 1. The van der Waals surface area contributed by atoms with Gasteiger partial charge in [-0.05, 0) is 24.3 Å². The summed E-state index contributed by atoms with van der Waals surface area (Å²) in [5.74, 6) is -6.24. The van der Waals surface area contributed by atoms with E-state index < -0.39 is 29.2 Å². The molecule has 5 nitrogen and oxygen atoms in total. The van der Waals surface area contributed by atoms with E-state index in [9.17, 15) is 18.0 Å². The highest BCUT2D eigenvalue weighted by Crippen LogP contribution is 2.17. The standard InChI is InChI=1S/C13H8F3N3O2/c14-8-4-2-6(10(15)11(8)16)1-3-7-5-9(17)19-12(18-7)13(20)21/h1-5H,(H,20,21)(H2,17,18,19). The molecule has 0 saturated heterocycles. The van der Waals surface area contributed by atoms with E-state index in [1.807, 2.05) is 0 Å². The van der Waals surface area contributed by atoms with E-state index >= 15 is 0 Å². The van der Waals surface area contributed by atoms with E-state index in [-0.39, 0.29) is 17.1 Å². The van der Waals surface area contributed by atoms with Gasteiger partial charge in [-0.15, -0.1) is 0 Å². The molecule has 2 aromatic rings. The Hall–Kier alpha value is -2.90. The zero-order valence-electron chi connectivity index (χ0n) is 10.3. The third kappa shape index (κ3) is 3.16. The van der Waals surface area contributed by atoms with Crippen molar-refractivity contribution >= 4 is 23.9 Å². The number of aromatic nitrogens is 2. The predicted molar refractivity (Wildman–Crippen MR) is 68.6 cm³/mol. The van der Waals surface area contributed by atoms with E-state index in [4.69, 9.17) is 10.8 Å². The first-order valence-electron chi connectivity index (χ1n) is 5.58. The van der Waals surface area contributed by atoms with Gasteiger partial charge >= 0.3 is 5.97 Å². The van der Waals surface area contributed by atoms with Crippen LogP contribution in [0.5, 0.6) is 0 Å². The van der Waals surface area contributed by atoms with Crippen LogP contribution in [-0.4, -0.2) is 21.0 Å². The second kappa shape index (κ2) is 5.61. The smallest absolute Gasteiger partial charge is 0.374 e. The van der Waals surface area contributed by atoms with Crippen molar-refractivity contribution in [3.8, 4) is 0 Å². The lowest BCUT2D eigenvalue weighted by Gasteiger charge is -2.01. The van der Waals surface area contributed by atoms with Gasteiger partial charge in [-0.2, -0.15) is 0 Å². The number of rotatable bonds is 3. The van der Waals surface area contributed by atoms with Gasteiger partial charge < -0.3 is 10.8 Å². The van der Waals surface area contributed by atoms with Crippen molar-refractivity contribution in [1.29, 1.82) is 0 Å². The molecule has 0 aliphatic heterocycles. The topological polar surface area (TPSA) is 89.1 Å². The summed E-state index contributed by atoms with van der Waals surface area (Å²) in [5, 5.41) is 8.77. The normalized spacial score (nSPS) is 11.0. The number of carbonyl (C=O) groups is 1. The molecule has 108 valence electrons. The molecule has 3 N–H and O–H groups in total. The molecule has 0 radical (unpaired) electrons. The van der Waals surface area contributed by atoms with Gasteiger partial charge in [-0.1, -0.05) is 0 Å². The summed E-state index contributed by atoms with van der Waals surface area (Å²) in [6.07, 6.45) is 2.32. The van der Waals surface area contributed by atoms with E-state index in [2.05, 4.69) is 9.97 Å². The molecule has 21 heavy (non-hydrogen) atoms. The number of nitrogen functional groups attached to an aromatic ring is 1. The van der Waals surface area contributed by atoms with Crippen molar-refractivity contribution in [2.24, 2.45) is 0 Å². The van der Waals surface area contributed by atoms with Crippen LogP contribution in [0.3, 0.4) is 0 Å². The average Bonchev–Trinajstić information content (AvgIpc) is 2.43. The predicted octanol–water partition coefficient (Wildman–Crippen LogP) is 2.34. The van der Waals surface area contributed by atoms with Gasteiger partial charge in [0.05, 0.1) is 5.69 Å². The molecule has 1 aromatic heterocycles. The Labute approximate surface area is 116 Å². The van der Waals surface area contributed by atoms with E-state index in [1.165, 1.54) is 12.1 Å². The van der Waals surface area contributed by atoms with Crippen molar-refractivity contribution in [2.75, 3.05) is 5.73 Å². The minimum Gasteiger partial charge on any atom is -0.475 e. The molecule has 0 unspecified atom stereocenters. The van der Waals surface area contributed by atoms with Crippen molar-refractivity contribution in [1.82, 2.24) is 9.97 Å². The maximum Gasteiger partial charge on any atom is 0.374 e. The van der Waals surface area contributed by atoms with Gasteiger partial charge in [0.15, 0.2) is 17.5 Å². The van der Waals surface area contributed by atoms with Crippen LogP contribution in [0.25, 0.3) is 12.2 Å². The number of carboxylic acids is 1. The fourth-order valence-corrected chi connectivity index (χ4v) is 1.51. The molecule has 1 heterocycles. The van der Waals surface area contributed by atoms with Crippen LogP contribution >= 0.6 is 0 Å². The lowest BCUT2D eigenvalue weighted by molar-refractivity contribution is 0.0683. The van der Waals surface area contributed by atoms with E-state index in [0.717, 1.165) is 18.2 Å². The van der Waals surface area contributed by atoms with Crippen LogP contribution in [0, 0.1) is 17.5 Å². The summed E-state index contributed by atoms with van der Waals surface area (Å²) in [6.45, 7) is 0. The summed E-state index contributed by atoms with van der Waals surface area (Å²) >= 11 is 0. The van der Waals surface area contributed by atoms with Gasteiger partial charge in [0.25, 0.3) is 0 Å². The molecule has 0 atom stereocenters. The Morgan fingerprint density at radius 3 is 2.52 bits per heavy atom. The van der Waals surface area contributed by atoms with Crippen molar-refractivity contribution in [3.05, 3.63) is 52.7 Å². The molecule has 0 spiro atoms. The molecule has 0 aliphatic carbocycles. The summed E-state index contributed by atoms with van der Waals surface area (Å²) in [5.41, 5.74) is 5.28. The zero-order chi connectivity index (χ0) is 15.6. The lowest BCUT2D eigenvalue weighted by atomic mass is 10.1. The van der Waals surface area contributed by atoms with Crippen molar-refractivity contribution in [2.45, 2.75) is 0 Å². The van der Waals surface area contributed by atoms with Gasteiger partial charge in [0.1, 0.15) is 5.82 Å². The number of anilines is 1. The number of hydrogen-bond acceptors (Lipinski definition) is 4. The fourth-order valence-electron chi connectivity index (χ4n) is 1.51.